The Morgan fingerprint density at radius 3 is 2.53 bits per heavy atom. The van der Waals surface area contributed by atoms with Gasteiger partial charge in [0.2, 0.25) is 0 Å². The molecule has 1 atom stereocenters. The summed E-state index contributed by atoms with van der Waals surface area (Å²) in [7, 11) is 0. The number of carbonyl (C=O) groups excluding carboxylic acids is 2. The zero-order valence-electron chi connectivity index (χ0n) is 10.8. The second-order valence-electron chi connectivity index (χ2n) is 3.74. The van der Waals surface area contributed by atoms with Crippen molar-refractivity contribution in [2.24, 2.45) is 0 Å². The fraction of sp³-hybridized carbons (Fsp3) is 0.385. The van der Waals surface area contributed by atoms with E-state index in [1.165, 1.54) is 0 Å². The van der Waals surface area contributed by atoms with Gasteiger partial charge in [-0.2, -0.15) is 0 Å². The highest BCUT2D eigenvalue weighted by Crippen LogP contribution is 2.16. The van der Waals surface area contributed by atoms with Crippen LogP contribution in [0.3, 0.4) is 0 Å². The van der Waals surface area contributed by atoms with Gasteiger partial charge in [0, 0.05) is 5.02 Å². The summed E-state index contributed by atoms with van der Waals surface area (Å²) in [6, 6.07) is 6.66. The van der Waals surface area contributed by atoms with Gasteiger partial charge in [0.1, 0.15) is 12.3 Å². The minimum atomic E-state index is -0.712. The summed E-state index contributed by atoms with van der Waals surface area (Å²) in [6.45, 7) is 3.41. The molecule has 1 N–H and O–H groups in total. The van der Waals surface area contributed by atoms with E-state index in [4.69, 9.17) is 21.1 Å². The highest BCUT2D eigenvalue weighted by molar-refractivity contribution is 6.30. The van der Waals surface area contributed by atoms with Crippen molar-refractivity contribution < 1.29 is 19.1 Å². The molecule has 0 aliphatic carbocycles. The molecule has 0 radical (unpaired) electrons. The number of carbonyl (C=O) groups is 2. The summed E-state index contributed by atoms with van der Waals surface area (Å²) in [5.41, 5.74) is 0. The van der Waals surface area contributed by atoms with Crippen molar-refractivity contribution in [1.29, 1.82) is 0 Å². The first-order valence-electron chi connectivity index (χ1n) is 5.88. The van der Waals surface area contributed by atoms with Gasteiger partial charge >= 0.3 is 5.97 Å². The Morgan fingerprint density at radius 1 is 1.32 bits per heavy atom. The van der Waals surface area contributed by atoms with Gasteiger partial charge in [-0.3, -0.25) is 9.59 Å². The summed E-state index contributed by atoms with van der Waals surface area (Å²) in [4.78, 5) is 22.7. The van der Waals surface area contributed by atoms with Crippen LogP contribution in [0.25, 0.3) is 0 Å². The van der Waals surface area contributed by atoms with Crippen molar-refractivity contribution >= 4 is 23.5 Å². The molecule has 1 unspecified atom stereocenters. The number of esters is 1. The quantitative estimate of drug-likeness (QED) is 0.809. The van der Waals surface area contributed by atoms with Crippen LogP contribution in [0.5, 0.6) is 5.75 Å². The van der Waals surface area contributed by atoms with E-state index < -0.39 is 12.1 Å². The van der Waals surface area contributed by atoms with Crippen LogP contribution in [0.4, 0.5) is 0 Å². The van der Waals surface area contributed by atoms with Crippen LogP contribution in [-0.4, -0.2) is 31.1 Å². The molecule has 0 aromatic heterocycles. The zero-order valence-corrected chi connectivity index (χ0v) is 11.6. The minimum Gasteiger partial charge on any atom is -0.481 e. The van der Waals surface area contributed by atoms with Gasteiger partial charge in [0.05, 0.1) is 6.61 Å². The summed E-state index contributed by atoms with van der Waals surface area (Å²) >= 11 is 5.74. The van der Waals surface area contributed by atoms with E-state index in [1.54, 1.807) is 38.1 Å². The third-order valence-corrected chi connectivity index (χ3v) is 2.46. The molecule has 0 saturated heterocycles. The molecule has 104 valence electrons. The van der Waals surface area contributed by atoms with E-state index in [9.17, 15) is 9.59 Å². The number of ether oxygens (including phenoxy) is 2. The van der Waals surface area contributed by atoms with Crippen LogP contribution in [0, 0.1) is 0 Å². The maximum absolute atomic E-state index is 11.7. The third-order valence-electron chi connectivity index (χ3n) is 2.21. The molecule has 0 bridgehead atoms. The molecule has 0 spiro atoms. The van der Waals surface area contributed by atoms with Gasteiger partial charge in [-0.25, -0.2) is 0 Å². The second-order valence-corrected chi connectivity index (χ2v) is 4.17. The highest BCUT2D eigenvalue weighted by Gasteiger charge is 2.15. The maximum Gasteiger partial charge on any atom is 0.325 e. The molecule has 6 heteroatoms. The summed E-state index contributed by atoms with van der Waals surface area (Å²) in [5, 5.41) is 3.02. The molecule has 1 rings (SSSR count). The molecular formula is C13H16ClNO4. The molecule has 1 aromatic rings. The van der Waals surface area contributed by atoms with Gasteiger partial charge in [-0.1, -0.05) is 11.6 Å². The lowest BCUT2D eigenvalue weighted by molar-refractivity contribution is -0.144. The monoisotopic (exact) mass is 285 g/mol. The smallest absolute Gasteiger partial charge is 0.325 e. The predicted molar refractivity (Wildman–Crippen MR) is 71.2 cm³/mol. The Labute approximate surface area is 116 Å². The number of hydrogen-bond donors (Lipinski definition) is 1. The molecule has 0 aliphatic heterocycles. The Morgan fingerprint density at radius 2 is 1.95 bits per heavy atom. The van der Waals surface area contributed by atoms with E-state index in [1.807, 2.05) is 0 Å². The van der Waals surface area contributed by atoms with E-state index in [0.29, 0.717) is 10.8 Å². The standard InChI is InChI=1S/C13H16ClNO4/c1-3-18-12(16)8-15-13(17)9(2)19-11-6-4-10(14)5-7-11/h4-7,9H,3,8H2,1-2H3,(H,15,17). The lowest BCUT2D eigenvalue weighted by Crippen LogP contribution is -2.39. The average molecular weight is 286 g/mol. The molecule has 1 amide bonds. The molecule has 1 aromatic carbocycles. The largest absolute Gasteiger partial charge is 0.481 e. The lowest BCUT2D eigenvalue weighted by Gasteiger charge is -2.14. The number of benzene rings is 1. The zero-order chi connectivity index (χ0) is 14.3. The minimum absolute atomic E-state index is 0.166. The van der Waals surface area contributed by atoms with E-state index in [-0.39, 0.29) is 19.1 Å². The third kappa shape index (κ3) is 5.61. The summed E-state index contributed by atoms with van der Waals surface area (Å²) < 4.78 is 10.1. The van der Waals surface area contributed by atoms with Gasteiger partial charge < -0.3 is 14.8 Å². The van der Waals surface area contributed by atoms with Crippen molar-refractivity contribution in [3.63, 3.8) is 0 Å². The number of nitrogens with one attached hydrogen (secondary N) is 1. The van der Waals surface area contributed by atoms with Crippen LogP contribution in [0.1, 0.15) is 13.8 Å². The highest BCUT2D eigenvalue weighted by atomic mass is 35.5. The van der Waals surface area contributed by atoms with Crippen LogP contribution in [0.2, 0.25) is 5.02 Å². The van der Waals surface area contributed by atoms with Crippen LogP contribution >= 0.6 is 11.6 Å². The molecule has 0 heterocycles. The first-order chi connectivity index (χ1) is 9.02. The molecule has 0 aliphatic rings. The normalized spacial score (nSPS) is 11.5. The molecule has 19 heavy (non-hydrogen) atoms. The number of rotatable bonds is 6. The predicted octanol–water partition coefficient (Wildman–Crippen LogP) is 1.79. The maximum atomic E-state index is 11.7. The van der Waals surface area contributed by atoms with E-state index >= 15 is 0 Å². The Hall–Kier alpha value is -1.75. The molecular weight excluding hydrogens is 270 g/mol. The Kier molecular flexibility index (Phi) is 6.15. The van der Waals surface area contributed by atoms with Crippen molar-refractivity contribution in [3.8, 4) is 5.75 Å². The van der Waals surface area contributed by atoms with Gasteiger partial charge in [-0.05, 0) is 38.1 Å². The molecule has 0 fully saturated rings. The first kappa shape index (κ1) is 15.3. The Bertz CT molecular complexity index is 433. The van der Waals surface area contributed by atoms with Crippen molar-refractivity contribution in [2.75, 3.05) is 13.2 Å². The number of amides is 1. The average Bonchev–Trinajstić information content (AvgIpc) is 2.39. The number of halogens is 1. The topological polar surface area (TPSA) is 64.6 Å². The van der Waals surface area contributed by atoms with E-state index in [2.05, 4.69) is 5.32 Å². The summed E-state index contributed by atoms with van der Waals surface area (Å²) in [5.74, 6) is -0.333. The number of hydrogen-bond acceptors (Lipinski definition) is 4. The fourth-order valence-corrected chi connectivity index (χ4v) is 1.41. The fourth-order valence-electron chi connectivity index (χ4n) is 1.29. The van der Waals surface area contributed by atoms with Gasteiger partial charge in [-0.15, -0.1) is 0 Å². The van der Waals surface area contributed by atoms with Crippen LogP contribution < -0.4 is 10.1 Å². The molecule has 0 saturated carbocycles. The SMILES string of the molecule is CCOC(=O)CNC(=O)C(C)Oc1ccc(Cl)cc1. The molecule has 5 nitrogen and oxygen atoms in total. The summed E-state index contributed by atoms with van der Waals surface area (Å²) in [6.07, 6.45) is -0.712. The van der Waals surface area contributed by atoms with Gasteiger partial charge in [0.25, 0.3) is 5.91 Å². The van der Waals surface area contributed by atoms with Crippen molar-refractivity contribution in [3.05, 3.63) is 29.3 Å². The lowest BCUT2D eigenvalue weighted by atomic mass is 10.3. The van der Waals surface area contributed by atoms with Crippen molar-refractivity contribution in [1.82, 2.24) is 5.32 Å². The van der Waals surface area contributed by atoms with Crippen molar-refractivity contribution in [2.45, 2.75) is 20.0 Å². The van der Waals surface area contributed by atoms with Crippen LogP contribution in [-0.2, 0) is 14.3 Å². The van der Waals surface area contributed by atoms with E-state index in [0.717, 1.165) is 0 Å². The first-order valence-corrected chi connectivity index (χ1v) is 6.26. The Balaban J connectivity index is 2.40. The second kappa shape index (κ2) is 7.63. The van der Waals surface area contributed by atoms with Gasteiger partial charge in [0.15, 0.2) is 6.10 Å². The van der Waals surface area contributed by atoms with Crippen LogP contribution in [0.15, 0.2) is 24.3 Å².